The van der Waals surface area contributed by atoms with Crippen LogP contribution in [0.1, 0.15) is 4.88 Å². The second kappa shape index (κ2) is 7.31. The molecular weight excluding hydrogens is 350 g/mol. The Morgan fingerprint density at radius 1 is 1.04 bits per heavy atom. The van der Waals surface area contributed by atoms with E-state index in [1.54, 1.807) is 24.1 Å². The maximum atomic E-state index is 13.1. The summed E-state index contributed by atoms with van der Waals surface area (Å²) in [5.74, 6) is -0.707. The highest BCUT2D eigenvalue weighted by molar-refractivity contribution is 7.11. The maximum Gasteiger partial charge on any atom is 0.282 e. The van der Waals surface area contributed by atoms with Crippen LogP contribution in [0, 0.1) is 0 Å². The van der Waals surface area contributed by atoms with Crippen molar-refractivity contribution in [2.24, 2.45) is 0 Å². The van der Waals surface area contributed by atoms with Crippen LogP contribution in [-0.4, -0.2) is 56.1 Å². The van der Waals surface area contributed by atoms with Gasteiger partial charge in [-0.1, -0.05) is 6.07 Å². The zero-order valence-electron chi connectivity index (χ0n) is 15.0. The Morgan fingerprint density at radius 3 is 2.27 bits per heavy atom. The van der Waals surface area contributed by atoms with Crippen molar-refractivity contribution < 1.29 is 14.7 Å². The Labute approximate surface area is 156 Å². The fraction of sp³-hybridized carbons (Fsp3) is 0.263. The number of rotatable bonds is 6. The van der Waals surface area contributed by atoms with Gasteiger partial charge in [0, 0.05) is 38.3 Å². The van der Waals surface area contributed by atoms with E-state index in [0.29, 0.717) is 17.0 Å². The molecule has 26 heavy (non-hydrogen) atoms. The highest BCUT2D eigenvalue weighted by Crippen LogP contribution is 2.36. The number of aliphatic hydroxyl groups is 1. The summed E-state index contributed by atoms with van der Waals surface area (Å²) in [6.45, 7) is 0.174. The van der Waals surface area contributed by atoms with Gasteiger partial charge in [0.2, 0.25) is 0 Å². The van der Waals surface area contributed by atoms with Crippen LogP contribution >= 0.6 is 11.3 Å². The number of carbonyl (C=O) groups is 2. The molecule has 1 aliphatic heterocycles. The topological polar surface area (TPSA) is 64.1 Å². The third kappa shape index (κ3) is 3.11. The Hall–Kier alpha value is -2.64. The second-order valence-corrected chi connectivity index (χ2v) is 7.15. The minimum atomic E-state index is -0.369. The lowest BCUT2D eigenvalue weighted by molar-refractivity contribution is -0.120. The highest BCUT2D eigenvalue weighted by atomic mass is 32.1. The van der Waals surface area contributed by atoms with E-state index in [1.165, 1.54) is 16.2 Å². The molecule has 136 valence electrons. The van der Waals surface area contributed by atoms with Gasteiger partial charge in [0.25, 0.3) is 11.8 Å². The molecule has 0 unspecified atom stereocenters. The van der Waals surface area contributed by atoms with E-state index in [2.05, 4.69) is 0 Å². The zero-order valence-corrected chi connectivity index (χ0v) is 15.8. The molecule has 0 spiro atoms. The van der Waals surface area contributed by atoms with Crippen LogP contribution in [0.2, 0.25) is 0 Å². The molecule has 1 N–H and O–H groups in total. The van der Waals surface area contributed by atoms with Crippen molar-refractivity contribution in [3.63, 3.8) is 0 Å². The fourth-order valence-corrected chi connectivity index (χ4v) is 3.67. The van der Waals surface area contributed by atoms with E-state index in [9.17, 15) is 14.7 Å². The SMILES string of the molecule is CN(CCO)C1=C(c2cccs2)C(=O)N(c2ccc(N(C)C)cc2)C1=O. The number of thiophene rings is 1. The Kier molecular flexibility index (Phi) is 5.11. The van der Waals surface area contributed by atoms with Crippen molar-refractivity contribution in [2.45, 2.75) is 0 Å². The quantitative estimate of drug-likeness (QED) is 0.787. The van der Waals surface area contributed by atoms with Gasteiger partial charge >= 0.3 is 0 Å². The van der Waals surface area contributed by atoms with Crippen molar-refractivity contribution in [3.05, 3.63) is 52.4 Å². The molecule has 0 radical (unpaired) electrons. The summed E-state index contributed by atoms with van der Waals surface area (Å²) in [7, 11) is 5.57. The number of nitrogens with zero attached hydrogens (tertiary/aromatic N) is 3. The monoisotopic (exact) mass is 371 g/mol. The first-order valence-electron chi connectivity index (χ1n) is 8.22. The number of imide groups is 1. The van der Waals surface area contributed by atoms with Gasteiger partial charge in [0.15, 0.2) is 0 Å². The first-order valence-corrected chi connectivity index (χ1v) is 9.10. The maximum absolute atomic E-state index is 13.1. The summed E-state index contributed by atoms with van der Waals surface area (Å²) in [5.41, 5.74) is 2.23. The minimum absolute atomic E-state index is 0.100. The van der Waals surface area contributed by atoms with Crippen LogP contribution in [0.5, 0.6) is 0 Å². The molecule has 1 aliphatic rings. The van der Waals surface area contributed by atoms with Crippen LogP contribution in [-0.2, 0) is 9.59 Å². The average molecular weight is 371 g/mol. The molecule has 0 bridgehead atoms. The second-order valence-electron chi connectivity index (χ2n) is 6.20. The molecule has 1 aromatic heterocycles. The average Bonchev–Trinajstić information content (AvgIpc) is 3.21. The number of likely N-dealkylation sites (N-methyl/N-ethyl adjacent to an activating group) is 1. The van der Waals surface area contributed by atoms with Gasteiger partial charge in [-0.05, 0) is 35.7 Å². The van der Waals surface area contributed by atoms with Crippen molar-refractivity contribution in [1.29, 1.82) is 0 Å². The predicted octanol–water partition coefficient (Wildman–Crippen LogP) is 2.02. The van der Waals surface area contributed by atoms with E-state index in [1.807, 2.05) is 48.6 Å². The van der Waals surface area contributed by atoms with Gasteiger partial charge in [0.1, 0.15) is 5.70 Å². The van der Waals surface area contributed by atoms with Gasteiger partial charge in [-0.3, -0.25) is 9.59 Å². The van der Waals surface area contributed by atoms with E-state index in [4.69, 9.17) is 0 Å². The van der Waals surface area contributed by atoms with E-state index in [0.717, 1.165) is 10.6 Å². The summed E-state index contributed by atoms with van der Waals surface area (Å²) in [5, 5.41) is 11.1. The third-order valence-corrected chi connectivity index (χ3v) is 5.16. The summed E-state index contributed by atoms with van der Waals surface area (Å²) in [6.07, 6.45) is 0. The first-order chi connectivity index (χ1) is 12.5. The largest absolute Gasteiger partial charge is 0.395 e. The molecule has 0 aliphatic carbocycles. The molecular formula is C19H21N3O3S. The smallest absolute Gasteiger partial charge is 0.282 e. The van der Waals surface area contributed by atoms with Crippen LogP contribution in [0.25, 0.3) is 5.57 Å². The van der Waals surface area contributed by atoms with Crippen molar-refractivity contribution >= 4 is 40.1 Å². The molecule has 2 amide bonds. The molecule has 1 aromatic carbocycles. The van der Waals surface area contributed by atoms with Crippen LogP contribution in [0.3, 0.4) is 0 Å². The molecule has 7 heteroatoms. The predicted molar refractivity (Wildman–Crippen MR) is 104 cm³/mol. The Bertz CT molecular complexity index is 841. The summed E-state index contributed by atoms with van der Waals surface area (Å²) in [4.78, 5) is 31.7. The summed E-state index contributed by atoms with van der Waals surface area (Å²) < 4.78 is 0. The number of amides is 2. The lowest BCUT2D eigenvalue weighted by Gasteiger charge is -2.21. The number of hydrogen-bond acceptors (Lipinski definition) is 6. The normalized spacial score (nSPS) is 14.4. The van der Waals surface area contributed by atoms with Crippen molar-refractivity contribution in [3.8, 4) is 0 Å². The van der Waals surface area contributed by atoms with Gasteiger partial charge in [0.05, 0.1) is 17.9 Å². The summed E-state index contributed by atoms with van der Waals surface area (Å²) in [6, 6.07) is 11.0. The number of hydrogen-bond donors (Lipinski definition) is 1. The van der Waals surface area contributed by atoms with Crippen molar-refractivity contribution in [2.75, 3.05) is 44.1 Å². The zero-order chi connectivity index (χ0) is 18.8. The van der Waals surface area contributed by atoms with Crippen LogP contribution in [0.15, 0.2) is 47.5 Å². The molecule has 6 nitrogen and oxygen atoms in total. The van der Waals surface area contributed by atoms with Gasteiger partial charge in [-0.2, -0.15) is 0 Å². The fourth-order valence-electron chi connectivity index (χ4n) is 2.91. The number of aliphatic hydroxyl groups excluding tert-OH is 1. The lowest BCUT2D eigenvalue weighted by Crippen LogP contribution is -2.34. The van der Waals surface area contributed by atoms with Crippen molar-refractivity contribution in [1.82, 2.24) is 4.90 Å². The first kappa shape index (κ1) is 18.2. The molecule has 0 atom stereocenters. The third-order valence-electron chi connectivity index (χ3n) is 4.27. The molecule has 0 saturated carbocycles. The minimum Gasteiger partial charge on any atom is -0.395 e. The standard InChI is InChI=1S/C19H21N3O3S/c1-20(2)13-6-8-14(9-7-13)22-18(24)16(15-5-4-12-26-15)17(19(22)25)21(3)10-11-23/h4-9,12,23H,10-11H2,1-3H3. The van der Waals surface area contributed by atoms with E-state index in [-0.39, 0.29) is 25.0 Å². The molecule has 2 heterocycles. The van der Waals surface area contributed by atoms with E-state index >= 15 is 0 Å². The molecule has 3 rings (SSSR count). The highest BCUT2D eigenvalue weighted by Gasteiger charge is 2.42. The molecule has 0 saturated heterocycles. The van der Waals surface area contributed by atoms with Gasteiger partial charge < -0.3 is 14.9 Å². The summed E-state index contributed by atoms with van der Waals surface area (Å²) >= 11 is 1.42. The van der Waals surface area contributed by atoms with Gasteiger partial charge in [-0.25, -0.2) is 4.90 Å². The molecule has 2 aromatic rings. The van der Waals surface area contributed by atoms with Gasteiger partial charge in [-0.15, -0.1) is 11.3 Å². The number of benzene rings is 1. The molecule has 0 fully saturated rings. The number of anilines is 2. The van der Waals surface area contributed by atoms with Crippen LogP contribution in [0.4, 0.5) is 11.4 Å². The Balaban J connectivity index is 2.04. The number of carbonyl (C=O) groups excluding carboxylic acids is 2. The Morgan fingerprint density at radius 2 is 1.73 bits per heavy atom. The van der Waals surface area contributed by atoms with Crippen LogP contribution < -0.4 is 9.80 Å². The lowest BCUT2D eigenvalue weighted by atomic mass is 10.2. The van der Waals surface area contributed by atoms with E-state index < -0.39 is 0 Å².